The molecule has 0 radical (unpaired) electrons. The molecule has 2 fully saturated rings. The van der Waals surface area contributed by atoms with E-state index in [2.05, 4.69) is 13.8 Å². The molecule has 0 amide bonds. The van der Waals surface area contributed by atoms with Gasteiger partial charge in [-0.1, -0.05) is 20.8 Å². The Morgan fingerprint density at radius 2 is 2.06 bits per heavy atom. The number of carbonyl (C=O) groups is 1. The molecule has 1 heterocycles. The number of epoxide rings is 1. The van der Waals surface area contributed by atoms with Crippen molar-refractivity contribution in [2.75, 3.05) is 6.61 Å². The molecule has 3 nitrogen and oxygen atoms in total. The van der Waals surface area contributed by atoms with Crippen LogP contribution in [0.1, 0.15) is 47.0 Å². The summed E-state index contributed by atoms with van der Waals surface area (Å²) in [4.78, 5) is 11.7. The van der Waals surface area contributed by atoms with Gasteiger partial charge in [0, 0.05) is 0 Å². The second-order valence-corrected chi connectivity index (χ2v) is 6.22. The zero-order valence-electron chi connectivity index (χ0n) is 11.4. The van der Waals surface area contributed by atoms with Gasteiger partial charge in [-0.2, -0.15) is 0 Å². The van der Waals surface area contributed by atoms with E-state index in [1.807, 2.05) is 13.8 Å². The number of esters is 1. The molecule has 4 atom stereocenters. The molecule has 3 heteroatoms. The molecule has 3 unspecified atom stereocenters. The van der Waals surface area contributed by atoms with E-state index in [9.17, 15) is 4.79 Å². The average Bonchev–Trinajstić information content (AvgIpc) is 3.00. The molecule has 0 aromatic rings. The zero-order chi connectivity index (χ0) is 12.6. The number of hydrogen-bond acceptors (Lipinski definition) is 3. The fourth-order valence-electron chi connectivity index (χ4n) is 2.63. The molecular formula is C14H24O3. The Morgan fingerprint density at radius 1 is 1.41 bits per heavy atom. The molecule has 1 saturated carbocycles. The van der Waals surface area contributed by atoms with E-state index in [0.717, 1.165) is 19.4 Å². The number of hydrogen-bond donors (Lipinski definition) is 0. The molecule has 98 valence electrons. The standard InChI is InChI=1S/C14H24O3/c1-9(2)13(15)17-12-7-11(6-5-10(12)3)14(4)8-16-14/h9-12H,5-8H2,1-4H3/t10?,11?,12-,14?/m0/s1. The fraction of sp³-hybridized carbons (Fsp3) is 0.929. The smallest absolute Gasteiger partial charge is 0.308 e. The van der Waals surface area contributed by atoms with Crippen LogP contribution in [0.5, 0.6) is 0 Å². The van der Waals surface area contributed by atoms with Crippen LogP contribution in [-0.2, 0) is 14.3 Å². The molecule has 0 aromatic heterocycles. The normalized spacial score (nSPS) is 41.4. The van der Waals surface area contributed by atoms with E-state index in [1.54, 1.807) is 0 Å². The van der Waals surface area contributed by atoms with E-state index in [1.165, 1.54) is 6.42 Å². The molecule has 0 spiro atoms. The molecule has 2 aliphatic rings. The summed E-state index contributed by atoms with van der Waals surface area (Å²) in [6.07, 6.45) is 3.40. The van der Waals surface area contributed by atoms with E-state index in [4.69, 9.17) is 9.47 Å². The van der Waals surface area contributed by atoms with Gasteiger partial charge in [-0.25, -0.2) is 0 Å². The predicted molar refractivity (Wildman–Crippen MR) is 65.6 cm³/mol. The van der Waals surface area contributed by atoms with Crippen LogP contribution in [0.2, 0.25) is 0 Å². The van der Waals surface area contributed by atoms with Gasteiger partial charge in [0.05, 0.1) is 18.1 Å². The maximum absolute atomic E-state index is 11.7. The molecule has 2 rings (SSSR count). The zero-order valence-corrected chi connectivity index (χ0v) is 11.4. The lowest BCUT2D eigenvalue weighted by Gasteiger charge is -2.35. The first kappa shape index (κ1) is 12.9. The van der Waals surface area contributed by atoms with Crippen LogP contribution >= 0.6 is 0 Å². The molecule has 0 N–H and O–H groups in total. The molecule has 1 aliphatic carbocycles. The van der Waals surface area contributed by atoms with E-state index >= 15 is 0 Å². The van der Waals surface area contributed by atoms with Crippen LogP contribution in [0.15, 0.2) is 0 Å². The lowest BCUT2D eigenvalue weighted by molar-refractivity contribution is -0.158. The van der Waals surface area contributed by atoms with Crippen molar-refractivity contribution in [3.05, 3.63) is 0 Å². The molecule has 0 bridgehead atoms. The minimum absolute atomic E-state index is 0.0321. The van der Waals surface area contributed by atoms with Crippen LogP contribution < -0.4 is 0 Å². The number of carbonyl (C=O) groups excluding carboxylic acids is 1. The van der Waals surface area contributed by atoms with Gasteiger partial charge in [-0.05, 0) is 38.0 Å². The van der Waals surface area contributed by atoms with Crippen LogP contribution in [0.25, 0.3) is 0 Å². The number of rotatable bonds is 3. The van der Waals surface area contributed by atoms with Crippen molar-refractivity contribution >= 4 is 5.97 Å². The van der Waals surface area contributed by atoms with Crippen molar-refractivity contribution in [1.29, 1.82) is 0 Å². The Kier molecular flexibility index (Phi) is 3.48. The largest absolute Gasteiger partial charge is 0.462 e. The van der Waals surface area contributed by atoms with Crippen molar-refractivity contribution in [2.24, 2.45) is 17.8 Å². The highest BCUT2D eigenvalue weighted by Gasteiger charge is 2.49. The highest BCUT2D eigenvalue weighted by atomic mass is 16.6. The quantitative estimate of drug-likeness (QED) is 0.562. The van der Waals surface area contributed by atoms with Gasteiger partial charge in [0.1, 0.15) is 6.10 Å². The van der Waals surface area contributed by atoms with Gasteiger partial charge in [-0.3, -0.25) is 4.79 Å². The lowest BCUT2D eigenvalue weighted by Crippen LogP contribution is -2.37. The lowest BCUT2D eigenvalue weighted by atomic mass is 9.75. The third kappa shape index (κ3) is 2.82. The second-order valence-electron chi connectivity index (χ2n) is 6.22. The van der Waals surface area contributed by atoms with Gasteiger partial charge >= 0.3 is 5.97 Å². The first-order valence-electron chi connectivity index (χ1n) is 6.77. The Hall–Kier alpha value is -0.570. The maximum atomic E-state index is 11.7. The van der Waals surface area contributed by atoms with Crippen molar-refractivity contribution in [3.63, 3.8) is 0 Å². The predicted octanol–water partition coefficient (Wildman–Crippen LogP) is 2.78. The Labute approximate surface area is 104 Å². The van der Waals surface area contributed by atoms with Crippen molar-refractivity contribution in [1.82, 2.24) is 0 Å². The van der Waals surface area contributed by atoms with Crippen LogP contribution in [0.4, 0.5) is 0 Å². The van der Waals surface area contributed by atoms with Crippen LogP contribution in [0, 0.1) is 17.8 Å². The van der Waals surface area contributed by atoms with Gasteiger partial charge < -0.3 is 9.47 Å². The van der Waals surface area contributed by atoms with E-state index in [-0.39, 0.29) is 23.6 Å². The Bertz CT molecular complexity index is 294. The Morgan fingerprint density at radius 3 is 2.59 bits per heavy atom. The highest BCUT2D eigenvalue weighted by molar-refractivity contribution is 5.71. The Balaban J connectivity index is 1.93. The summed E-state index contributed by atoms with van der Waals surface area (Å²) >= 11 is 0. The highest BCUT2D eigenvalue weighted by Crippen LogP contribution is 2.44. The second kappa shape index (κ2) is 4.60. The van der Waals surface area contributed by atoms with E-state index < -0.39 is 0 Å². The minimum Gasteiger partial charge on any atom is -0.462 e. The summed E-state index contributed by atoms with van der Waals surface area (Å²) in [7, 11) is 0. The molecule has 17 heavy (non-hydrogen) atoms. The fourth-order valence-corrected chi connectivity index (χ4v) is 2.63. The molecule has 0 aromatic carbocycles. The number of ether oxygens (including phenoxy) is 2. The summed E-state index contributed by atoms with van der Waals surface area (Å²) in [6, 6.07) is 0. The SMILES string of the molecule is CC(C)C(=O)O[C@H]1CC(C2(C)CO2)CCC1C. The minimum atomic E-state index is -0.0654. The summed E-state index contributed by atoms with van der Waals surface area (Å²) in [5.41, 5.74) is 0.0721. The van der Waals surface area contributed by atoms with Gasteiger partial charge in [0.25, 0.3) is 0 Å². The van der Waals surface area contributed by atoms with Crippen LogP contribution in [-0.4, -0.2) is 24.3 Å². The average molecular weight is 240 g/mol. The monoisotopic (exact) mass is 240 g/mol. The van der Waals surface area contributed by atoms with Gasteiger partial charge in [0.2, 0.25) is 0 Å². The van der Waals surface area contributed by atoms with Crippen molar-refractivity contribution in [3.8, 4) is 0 Å². The summed E-state index contributed by atoms with van der Waals surface area (Å²) in [5.74, 6) is 0.944. The first-order valence-corrected chi connectivity index (χ1v) is 6.77. The third-order valence-corrected chi connectivity index (χ3v) is 4.32. The summed E-state index contributed by atoms with van der Waals surface area (Å²) in [5, 5.41) is 0. The maximum Gasteiger partial charge on any atom is 0.308 e. The van der Waals surface area contributed by atoms with Gasteiger partial charge in [-0.15, -0.1) is 0 Å². The third-order valence-electron chi connectivity index (χ3n) is 4.32. The van der Waals surface area contributed by atoms with Crippen LogP contribution in [0.3, 0.4) is 0 Å². The summed E-state index contributed by atoms with van der Waals surface area (Å²) < 4.78 is 11.2. The topological polar surface area (TPSA) is 38.8 Å². The molecule has 1 saturated heterocycles. The van der Waals surface area contributed by atoms with Crippen molar-refractivity contribution in [2.45, 2.75) is 58.7 Å². The van der Waals surface area contributed by atoms with Gasteiger partial charge in [0.15, 0.2) is 0 Å². The van der Waals surface area contributed by atoms with Crippen molar-refractivity contribution < 1.29 is 14.3 Å². The molecule has 1 aliphatic heterocycles. The first-order chi connectivity index (χ1) is 7.92. The summed E-state index contributed by atoms with van der Waals surface area (Å²) in [6.45, 7) is 9.01. The molecular weight excluding hydrogens is 216 g/mol. The van der Waals surface area contributed by atoms with E-state index in [0.29, 0.717) is 11.8 Å².